The van der Waals surface area contributed by atoms with Gasteiger partial charge in [0, 0.05) is 44.8 Å². The standard InChI is InChI=1S/C13H27N3/c1-11(2)15-4-6-16(7-5-15)13-8-12(3)9-14-10-13/h11-14H,4-10H2,1-3H3. The van der Waals surface area contributed by atoms with Gasteiger partial charge in [-0.2, -0.15) is 0 Å². The summed E-state index contributed by atoms with van der Waals surface area (Å²) in [5.41, 5.74) is 0. The Balaban J connectivity index is 1.79. The second-order valence-corrected chi connectivity index (χ2v) is 5.82. The van der Waals surface area contributed by atoms with Gasteiger partial charge in [-0.15, -0.1) is 0 Å². The number of nitrogens with one attached hydrogen (secondary N) is 1. The van der Waals surface area contributed by atoms with E-state index in [9.17, 15) is 0 Å². The number of piperazine rings is 1. The van der Waals surface area contributed by atoms with Crippen LogP contribution < -0.4 is 5.32 Å². The van der Waals surface area contributed by atoms with Gasteiger partial charge in [-0.3, -0.25) is 9.80 Å². The summed E-state index contributed by atoms with van der Waals surface area (Å²) in [4.78, 5) is 5.29. The maximum Gasteiger partial charge on any atom is 0.0224 e. The first-order chi connectivity index (χ1) is 7.66. The molecule has 0 aliphatic carbocycles. The first-order valence-electron chi connectivity index (χ1n) is 6.85. The highest BCUT2D eigenvalue weighted by Crippen LogP contribution is 2.17. The van der Waals surface area contributed by atoms with Gasteiger partial charge in [0.05, 0.1) is 0 Å². The van der Waals surface area contributed by atoms with Crippen molar-refractivity contribution in [2.24, 2.45) is 5.92 Å². The summed E-state index contributed by atoms with van der Waals surface area (Å²) in [5.74, 6) is 0.849. The minimum atomic E-state index is 0.713. The number of nitrogens with zero attached hydrogens (tertiary/aromatic N) is 2. The molecule has 2 aliphatic heterocycles. The van der Waals surface area contributed by atoms with Crippen LogP contribution in [0.2, 0.25) is 0 Å². The van der Waals surface area contributed by atoms with Gasteiger partial charge in [0.15, 0.2) is 0 Å². The Morgan fingerprint density at radius 1 is 1.06 bits per heavy atom. The van der Waals surface area contributed by atoms with E-state index < -0.39 is 0 Å². The quantitative estimate of drug-likeness (QED) is 0.757. The average Bonchev–Trinajstić information content (AvgIpc) is 2.29. The van der Waals surface area contributed by atoms with Crippen molar-refractivity contribution in [1.82, 2.24) is 15.1 Å². The van der Waals surface area contributed by atoms with Crippen molar-refractivity contribution in [3.05, 3.63) is 0 Å². The normalized spacial score (nSPS) is 34.5. The third-order valence-electron chi connectivity index (χ3n) is 4.14. The Morgan fingerprint density at radius 3 is 2.31 bits per heavy atom. The molecule has 1 N–H and O–H groups in total. The molecule has 3 nitrogen and oxygen atoms in total. The van der Waals surface area contributed by atoms with Crippen LogP contribution in [0.3, 0.4) is 0 Å². The van der Waals surface area contributed by atoms with Crippen molar-refractivity contribution < 1.29 is 0 Å². The smallest absolute Gasteiger partial charge is 0.0224 e. The molecular formula is C13H27N3. The molecule has 2 unspecified atom stereocenters. The van der Waals surface area contributed by atoms with Crippen LogP contribution in [-0.2, 0) is 0 Å². The van der Waals surface area contributed by atoms with E-state index in [4.69, 9.17) is 0 Å². The van der Waals surface area contributed by atoms with Gasteiger partial charge in [0.2, 0.25) is 0 Å². The van der Waals surface area contributed by atoms with Crippen LogP contribution >= 0.6 is 0 Å². The zero-order valence-corrected chi connectivity index (χ0v) is 11.1. The largest absolute Gasteiger partial charge is 0.315 e. The van der Waals surface area contributed by atoms with Gasteiger partial charge < -0.3 is 5.32 Å². The zero-order valence-electron chi connectivity index (χ0n) is 11.1. The van der Waals surface area contributed by atoms with Crippen LogP contribution in [0.15, 0.2) is 0 Å². The van der Waals surface area contributed by atoms with Crippen molar-refractivity contribution >= 4 is 0 Å². The molecule has 2 fully saturated rings. The molecule has 2 atom stereocenters. The molecule has 2 aliphatic rings. The van der Waals surface area contributed by atoms with Crippen LogP contribution in [0.5, 0.6) is 0 Å². The molecule has 0 bridgehead atoms. The fourth-order valence-electron chi connectivity index (χ4n) is 3.02. The van der Waals surface area contributed by atoms with Crippen molar-refractivity contribution in [3.8, 4) is 0 Å². The highest BCUT2D eigenvalue weighted by atomic mass is 15.3. The van der Waals surface area contributed by atoms with Crippen LogP contribution in [0.4, 0.5) is 0 Å². The molecule has 94 valence electrons. The molecular weight excluding hydrogens is 198 g/mol. The number of hydrogen-bond donors (Lipinski definition) is 1. The molecule has 0 aromatic rings. The Labute approximate surface area is 100 Å². The molecule has 0 aromatic carbocycles. The van der Waals surface area contributed by atoms with E-state index in [0.29, 0.717) is 6.04 Å². The lowest BCUT2D eigenvalue weighted by atomic mass is 9.96. The molecule has 0 saturated carbocycles. The Morgan fingerprint density at radius 2 is 1.75 bits per heavy atom. The van der Waals surface area contributed by atoms with E-state index in [-0.39, 0.29) is 0 Å². The predicted octanol–water partition coefficient (Wildman–Crippen LogP) is 1.01. The van der Waals surface area contributed by atoms with E-state index >= 15 is 0 Å². The minimum absolute atomic E-state index is 0.713. The molecule has 2 rings (SSSR count). The third-order valence-corrected chi connectivity index (χ3v) is 4.14. The molecule has 0 radical (unpaired) electrons. The first-order valence-corrected chi connectivity index (χ1v) is 6.85. The molecule has 2 saturated heterocycles. The lowest BCUT2D eigenvalue weighted by Gasteiger charge is -2.43. The van der Waals surface area contributed by atoms with Crippen molar-refractivity contribution in [2.75, 3.05) is 39.3 Å². The van der Waals surface area contributed by atoms with Gasteiger partial charge in [-0.25, -0.2) is 0 Å². The Bertz CT molecular complexity index is 209. The lowest BCUT2D eigenvalue weighted by molar-refractivity contribution is 0.0616. The summed E-state index contributed by atoms with van der Waals surface area (Å²) >= 11 is 0. The fourth-order valence-corrected chi connectivity index (χ4v) is 3.02. The maximum atomic E-state index is 3.56. The van der Waals surface area contributed by atoms with Crippen LogP contribution in [0.1, 0.15) is 27.2 Å². The number of rotatable bonds is 2. The van der Waals surface area contributed by atoms with Gasteiger partial charge in [0.1, 0.15) is 0 Å². The summed E-state index contributed by atoms with van der Waals surface area (Å²) < 4.78 is 0. The SMILES string of the molecule is CC1CNCC(N2CCN(C(C)C)CC2)C1. The molecule has 3 heteroatoms. The monoisotopic (exact) mass is 225 g/mol. The minimum Gasteiger partial charge on any atom is -0.315 e. The van der Waals surface area contributed by atoms with Crippen molar-refractivity contribution in [2.45, 2.75) is 39.3 Å². The Kier molecular flexibility index (Phi) is 4.22. The second kappa shape index (κ2) is 5.48. The molecule has 0 amide bonds. The van der Waals surface area contributed by atoms with E-state index in [1.807, 2.05) is 0 Å². The van der Waals surface area contributed by atoms with Crippen molar-refractivity contribution in [1.29, 1.82) is 0 Å². The summed E-state index contributed by atoms with van der Waals surface area (Å²) in [5, 5.41) is 3.56. The Hall–Kier alpha value is -0.120. The first kappa shape index (κ1) is 12.3. The van der Waals surface area contributed by atoms with E-state index in [1.165, 1.54) is 45.7 Å². The third kappa shape index (κ3) is 2.96. The van der Waals surface area contributed by atoms with Crippen molar-refractivity contribution in [3.63, 3.8) is 0 Å². The van der Waals surface area contributed by atoms with E-state index in [2.05, 4.69) is 35.9 Å². The molecule has 0 spiro atoms. The summed E-state index contributed by atoms with van der Waals surface area (Å²) in [6.45, 7) is 14.4. The fraction of sp³-hybridized carbons (Fsp3) is 1.00. The topological polar surface area (TPSA) is 18.5 Å². The van der Waals surface area contributed by atoms with Gasteiger partial charge in [-0.1, -0.05) is 6.92 Å². The summed E-state index contributed by atoms with van der Waals surface area (Å²) in [6, 6.07) is 1.50. The van der Waals surface area contributed by atoms with Crippen LogP contribution in [0, 0.1) is 5.92 Å². The van der Waals surface area contributed by atoms with Crippen LogP contribution in [-0.4, -0.2) is 61.2 Å². The molecule has 2 heterocycles. The highest BCUT2D eigenvalue weighted by Gasteiger charge is 2.27. The molecule has 16 heavy (non-hydrogen) atoms. The summed E-state index contributed by atoms with van der Waals surface area (Å²) in [7, 11) is 0. The predicted molar refractivity (Wildman–Crippen MR) is 68.7 cm³/mol. The van der Waals surface area contributed by atoms with Gasteiger partial charge >= 0.3 is 0 Å². The molecule has 0 aromatic heterocycles. The highest BCUT2D eigenvalue weighted by molar-refractivity contribution is 4.85. The zero-order chi connectivity index (χ0) is 11.5. The lowest BCUT2D eigenvalue weighted by Crippen LogP contribution is -2.56. The van der Waals surface area contributed by atoms with Gasteiger partial charge in [-0.05, 0) is 32.7 Å². The maximum absolute atomic E-state index is 3.56. The number of hydrogen-bond acceptors (Lipinski definition) is 3. The van der Waals surface area contributed by atoms with Crippen LogP contribution in [0.25, 0.3) is 0 Å². The van der Waals surface area contributed by atoms with E-state index in [0.717, 1.165) is 12.0 Å². The van der Waals surface area contributed by atoms with Gasteiger partial charge in [0.25, 0.3) is 0 Å². The van der Waals surface area contributed by atoms with E-state index in [1.54, 1.807) is 0 Å². The summed E-state index contributed by atoms with van der Waals surface area (Å²) in [6.07, 6.45) is 1.38. The second-order valence-electron chi connectivity index (χ2n) is 5.82. The number of piperidine rings is 1. The average molecular weight is 225 g/mol.